The van der Waals surface area contributed by atoms with Crippen LogP contribution in [-0.4, -0.2) is 77.4 Å². The molecule has 9 heteroatoms. The second-order valence-corrected chi connectivity index (χ2v) is 8.71. The molecule has 4 aliphatic rings. The maximum absolute atomic E-state index is 13.0. The molecule has 1 spiro atoms. The summed E-state index contributed by atoms with van der Waals surface area (Å²) in [5, 5.41) is 5.49. The lowest BCUT2D eigenvalue weighted by atomic mass is 9.93. The smallest absolute Gasteiger partial charge is 0.262 e. The van der Waals surface area contributed by atoms with Crippen molar-refractivity contribution in [3.63, 3.8) is 0 Å². The lowest BCUT2D eigenvalue weighted by Gasteiger charge is -2.51. The van der Waals surface area contributed by atoms with Crippen LogP contribution in [0.1, 0.15) is 46.0 Å². The van der Waals surface area contributed by atoms with Crippen molar-refractivity contribution in [2.75, 3.05) is 26.2 Å². The lowest BCUT2D eigenvalue weighted by molar-refractivity contribution is -0.172. The number of hydrogen-bond acceptors (Lipinski definition) is 7. The Morgan fingerprint density at radius 1 is 1.13 bits per heavy atom. The zero-order valence-electron chi connectivity index (χ0n) is 16.8. The SMILES string of the molecule is CC1CN(Cc2ccc3c(c2)C(=O)N(C2CCC(=O)NC2=O)C3=O)CC2(CNC2)O1. The third-order valence-electron chi connectivity index (χ3n) is 6.28. The van der Waals surface area contributed by atoms with E-state index in [4.69, 9.17) is 4.74 Å². The van der Waals surface area contributed by atoms with Gasteiger partial charge in [-0.2, -0.15) is 0 Å². The summed E-state index contributed by atoms with van der Waals surface area (Å²) < 4.78 is 6.11. The molecule has 4 aliphatic heterocycles. The third-order valence-corrected chi connectivity index (χ3v) is 6.28. The monoisotopic (exact) mass is 412 g/mol. The van der Waals surface area contributed by atoms with E-state index in [9.17, 15) is 19.2 Å². The van der Waals surface area contributed by atoms with Gasteiger partial charge in [0.1, 0.15) is 11.6 Å². The van der Waals surface area contributed by atoms with E-state index in [1.165, 1.54) is 0 Å². The number of carbonyl (C=O) groups is 4. The maximum Gasteiger partial charge on any atom is 0.262 e. The Hall–Kier alpha value is -2.62. The minimum Gasteiger partial charge on any atom is -0.367 e. The molecule has 9 nitrogen and oxygen atoms in total. The van der Waals surface area contributed by atoms with Crippen LogP contribution < -0.4 is 10.6 Å². The average molecular weight is 412 g/mol. The number of fused-ring (bicyclic) bond motifs is 1. The molecular weight excluding hydrogens is 388 g/mol. The van der Waals surface area contributed by atoms with Crippen LogP contribution in [0.3, 0.4) is 0 Å². The first-order chi connectivity index (χ1) is 14.3. The number of morpholine rings is 1. The number of ether oxygens (including phenoxy) is 1. The largest absolute Gasteiger partial charge is 0.367 e. The predicted octanol–water partition coefficient (Wildman–Crippen LogP) is -0.349. The van der Waals surface area contributed by atoms with E-state index in [0.29, 0.717) is 17.7 Å². The molecule has 0 saturated carbocycles. The molecule has 2 atom stereocenters. The molecule has 1 aromatic carbocycles. The molecule has 4 amide bonds. The van der Waals surface area contributed by atoms with Crippen LogP contribution in [0.25, 0.3) is 0 Å². The summed E-state index contributed by atoms with van der Waals surface area (Å²) in [6, 6.07) is 4.35. The Kier molecular flexibility index (Phi) is 4.49. The van der Waals surface area contributed by atoms with Gasteiger partial charge in [-0.25, -0.2) is 0 Å². The van der Waals surface area contributed by atoms with Crippen molar-refractivity contribution in [1.82, 2.24) is 20.4 Å². The molecule has 2 N–H and O–H groups in total. The Bertz CT molecular complexity index is 957. The average Bonchev–Trinajstić information content (AvgIpc) is 2.91. The van der Waals surface area contributed by atoms with Crippen molar-refractivity contribution >= 4 is 23.6 Å². The highest BCUT2D eigenvalue weighted by Crippen LogP contribution is 2.30. The minimum atomic E-state index is -0.940. The van der Waals surface area contributed by atoms with E-state index in [0.717, 1.165) is 36.6 Å². The van der Waals surface area contributed by atoms with Gasteiger partial charge in [-0.3, -0.25) is 34.3 Å². The van der Waals surface area contributed by atoms with E-state index < -0.39 is 23.8 Å². The predicted molar refractivity (Wildman–Crippen MR) is 105 cm³/mol. The normalized spacial score (nSPS) is 28.5. The molecule has 0 bridgehead atoms. The van der Waals surface area contributed by atoms with E-state index in [-0.39, 0.29) is 30.5 Å². The molecular formula is C21H24N4O5. The second kappa shape index (κ2) is 6.97. The zero-order valence-corrected chi connectivity index (χ0v) is 16.8. The standard InChI is InChI=1S/C21H24N4O5/c1-12-7-24(11-21(30-12)9-22-10-21)8-13-2-3-14-15(6-13)20(29)25(19(14)28)16-4-5-17(26)23-18(16)27/h2-3,6,12,16,22H,4-5,7-11H2,1H3,(H,23,26,27). The fourth-order valence-electron chi connectivity index (χ4n) is 4.93. The molecule has 5 rings (SSSR count). The quantitative estimate of drug-likeness (QED) is 0.654. The Morgan fingerprint density at radius 3 is 2.60 bits per heavy atom. The Balaban J connectivity index is 1.35. The molecule has 158 valence electrons. The van der Waals surface area contributed by atoms with Crippen LogP contribution in [0.5, 0.6) is 0 Å². The number of amides is 4. The Labute approximate surface area is 173 Å². The van der Waals surface area contributed by atoms with E-state index in [1.807, 2.05) is 6.07 Å². The summed E-state index contributed by atoms with van der Waals surface area (Å²) in [7, 11) is 0. The first-order valence-corrected chi connectivity index (χ1v) is 10.3. The topological polar surface area (TPSA) is 108 Å². The van der Waals surface area contributed by atoms with Crippen LogP contribution in [0.4, 0.5) is 0 Å². The van der Waals surface area contributed by atoms with Crippen molar-refractivity contribution in [3.8, 4) is 0 Å². The van der Waals surface area contributed by atoms with Gasteiger partial charge in [-0.1, -0.05) is 6.07 Å². The second-order valence-electron chi connectivity index (χ2n) is 8.71. The molecule has 0 radical (unpaired) electrons. The highest BCUT2D eigenvalue weighted by molar-refractivity contribution is 6.23. The van der Waals surface area contributed by atoms with Crippen LogP contribution in [0.2, 0.25) is 0 Å². The summed E-state index contributed by atoms with van der Waals surface area (Å²) in [5.74, 6) is -1.92. The van der Waals surface area contributed by atoms with Crippen molar-refractivity contribution in [2.45, 2.75) is 44.1 Å². The summed E-state index contributed by atoms with van der Waals surface area (Å²) in [6.07, 6.45) is 0.396. The first-order valence-electron chi connectivity index (χ1n) is 10.3. The van der Waals surface area contributed by atoms with Gasteiger partial charge in [-0.15, -0.1) is 0 Å². The van der Waals surface area contributed by atoms with Gasteiger partial charge < -0.3 is 10.1 Å². The minimum absolute atomic E-state index is 0.112. The van der Waals surface area contributed by atoms with Gasteiger partial charge in [0.2, 0.25) is 11.8 Å². The molecule has 3 saturated heterocycles. The van der Waals surface area contributed by atoms with E-state index >= 15 is 0 Å². The zero-order chi connectivity index (χ0) is 21.0. The van der Waals surface area contributed by atoms with Gasteiger partial charge in [0.25, 0.3) is 11.8 Å². The summed E-state index contributed by atoms with van der Waals surface area (Å²) in [6.45, 7) is 6.01. The van der Waals surface area contributed by atoms with E-state index in [2.05, 4.69) is 22.5 Å². The summed E-state index contributed by atoms with van der Waals surface area (Å²) in [5.41, 5.74) is 1.44. The van der Waals surface area contributed by atoms with Gasteiger partial charge in [0.15, 0.2) is 0 Å². The third kappa shape index (κ3) is 3.13. The van der Waals surface area contributed by atoms with Crippen molar-refractivity contribution in [3.05, 3.63) is 34.9 Å². The van der Waals surface area contributed by atoms with Crippen molar-refractivity contribution in [1.29, 1.82) is 0 Å². The number of carbonyl (C=O) groups excluding carboxylic acids is 4. The molecule has 3 fully saturated rings. The van der Waals surface area contributed by atoms with Crippen molar-refractivity contribution in [2.24, 2.45) is 0 Å². The molecule has 4 heterocycles. The van der Waals surface area contributed by atoms with E-state index in [1.54, 1.807) is 12.1 Å². The first kappa shape index (κ1) is 19.3. The lowest BCUT2D eigenvalue weighted by Crippen LogP contribution is -2.70. The van der Waals surface area contributed by atoms with Crippen molar-refractivity contribution < 1.29 is 23.9 Å². The fourth-order valence-corrected chi connectivity index (χ4v) is 4.93. The number of nitrogens with zero attached hydrogens (tertiary/aromatic N) is 2. The number of benzene rings is 1. The van der Waals surface area contributed by atoms with Crippen LogP contribution in [0, 0.1) is 0 Å². The summed E-state index contributed by atoms with van der Waals surface area (Å²) >= 11 is 0. The van der Waals surface area contributed by atoms with Crippen LogP contribution >= 0.6 is 0 Å². The fraction of sp³-hybridized carbons (Fsp3) is 0.524. The number of rotatable bonds is 3. The summed E-state index contributed by atoms with van der Waals surface area (Å²) in [4.78, 5) is 52.7. The van der Waals surface area contributed by atoms with Gasteiger partial charge >= 0.3 is 0 Å². The number of hydrogen-bond donors (Lipinski definition) is 2. The van der Waals surface area contributed by atoms with Gasteiger partial charge in [0, 0.05) is 39.1 Å². The highest BCUT2D eigenvalue weighted by atomic mass is 16.5. The maximum atomic E-state index is 13.0. The molecule has 30 heavy (non-hydrogen) atoms. The van der Waals surface area contributed by atoms with Crippen LogP contribution in [-0.2, 0) is 20.9 Å². The molecule has 0 aromatic heterocycles. The van der Waals surface area contributed by atoms with Gasteiger partial charge in [0.05, 0.1) is 17.2 Å². The van der Waals surface area contributed by atoms with Gasteiger partial charge in [-0.05, 0) is 31.0 Å². The number of piperidine rings is 1. The molecule has 1 aromatic rings. The number of nitrogens with one attached hydrogen (secondary N) is 2. The van der Waals surface area contributed by atoms with Crippen LogP contribution in [0.15, 0.2) is 18.2 Å². The molecule has 0 aliphatic carbocycles. The highest BCUT2D eigenvalue weighted by Gasteiger charge is 2.46. The molecule has 2 unspecified atom stereocenters. The number of imide groups is 2. The Morgan fingerprint density at radius 2 is 1.90 bits per heavy atom.